The van der Waals surface area contributed by atoms with Crippen LogP contribution < -0.4 is 0 Å². The van der Waals surface area contributed by atoms with Crippen LogP contribution in [0.4, 0.5) is 0 Å². The number of β-amino-alcohol motifs (C(OH)–C–C–N with tert-alkyl or cyclic N) is 1. The van der Waals surface area contributed by atoms with Crippen LogP contribution in [0, 0.1) is 0 Å². The molecule has 3 nitrogen and oxygen atoms in total. The Bertz CT molecular complexity index is 520. The van der Waals surface area contributed by atoms with E-state index in [1.165, 1.54) is 6.08 Å². The zero-order valence-electron chi connectivity index (χ0n) is 11.3. The summed E-state index contributed by atoms with van der Waals surface area (Å²) in [6.07, 6.45) is 4.72. The van der Waals surface area contributed by atoms with Crippen LogP contribution in [-0.4, -0.2) is 34.6 Å². The topological polar surface area (TPSA) is 40.5 Å². The number of carbonyl (C=O) groups is 1. The molecule has 2 rings (SSSR count). The molecular weight excluding hydrogens is 297 g/mol. The first kappa shape index (κ1) is 15.4. The minimum Gasteiger partial charge on any atom is -0.388 e. The minimum absolute atomic E-state index is 0.110. The molecule has 1 saturated heterocycles. The molecule has 1 heterocycles. The lowest BCUT2D eigenvalue weighted by Gasteiger charge is -2.36. The third kappa shape index (κ3) is 4.23. The lowest BCUT2D eigenvalue weighted by atomic mass is 9.95. The summed E-state index contributed by atoms with van der Waals surface area (Å²) in [6.45, 7) is 2.80. The number of amides is 1. The van der Waals surface area contributed by atoms with Gasteiger partial charge in [-0.1, -0.05) is 23.2 Å². The average molecular weight is 314 g/mol. The molecular formula is C15H17Cl2NO2. The smallest absolute Gasteiger partial charge is 0.246 e. The van der Waals surface area contributed by atoms with E-state index in [-0.39, 0.29) is 5.91 Å². The van der Waals surface area contributed by atoms with Crippen LogP contribution in [0.25, 0.3) is 6.08 Å². The van der Waals surface area contributed by atoms with Gasteiger partial charge in [-0.05, 0) is 49.6 Å². The molecule has 1 amide bonds. The maximum atomic E-state index is 12.1. The fourth-order valence-corrected chi connectivity index (χ4v) is 2.90. The van der Waals surface area contributed by atoms with Crippen molar-refractivity contribution in [1.29, 1.82) is 0 Å². The molecule has 1 atom stereocenters. The lowest BCUT2D eigenvalue weighted by molar-refractivity contribution is -0.132. The van der Waals surface area contributed by atoms with Gasteiger partial charge in [-0.3, -0.25) is 4.79 Å². The van der Waals surface area contributed by atoms with Gasteiger partial charge in [-0.2, -0.15) is 0 Å². The van der Waals surface area contributed by atoms with Crippen molar-refractivity contribution in [3.63, 3.8) is 0 Å². The van der Waals surface area contributed by atoms with Crippen molar-refractivity contribution in [2.75, 3.05) is 13.1 Å². The number of likely N-dealkylation sites (tertiary alicyclic amines) is 1. The van der Waals surface area contributed by atoms with E-state index in [2.05, 4.69) is 0 Å². The first-order valence-electron chi connectivity index (χ1n) is 6.51. The lowest BCUT2D eigenvalue weighted by Crippen LogP contribution is -2.48. The van der Waals surface area contributed by atoms with E-state index in [4.69, 9.17) is 23.2 Å². The Hall–Kier alpha value is -1.03. The fourth-order valence-electron chi connectivity index (χ4n) is 2.35. The quantitative estimate of drug-likeness (QED) is 0.850. The van der Waals surface area contributed by atoms with Crippen LogP contribution in [0.1, 0.15) is 25.3 Å². The Kier molecular flexibility index (Phi) is 4.74. The number of halogens is 2. The average Bonchev–Trinajstić information content (AvgIpc) is 2.33. The largest absolute Gasteiger partial charge is 0.388 e. The van der Waals surface area contributed by atoms with Gasteiger partial charge in [0.1, 0.15) is 0 Å². The summed E-state index contributed by atoms with van der Waals surface area (Å²) in [5.74, 6) is -0.110. The van der Waals surface area contributed by atoms with Gasteiger partial charge in [-0.25, -0.2) is 0 Å². The molecule has 1 unspecified atom stereocenters. The molecule has 0 saturated carbocycles. The molecule has 0 aliphatic carbocycles. The molecule has 5 heteroatoms. The molecule has 20 heavy (non-hydrogen) atoms. The minimum atomic E-state index is -0.791. The van der Waals surface area contributed by atoms with E-state index in [1.807, 2.05) is 0 Å². The summed E-state index contributed by atoms with van der Waals surface area (Å²) >= 11 is 11.8. The second-order valence-electron chi connectivity index (χ2n) is 5.40. The molecule has 0 radical (unpaired) electrons. The van der Waals surface area contributed by atoms with Crippen molar-refractivity contribution < 1.29 is 9.90 Å². The second kappa shape index (κ2) is 6.17. The highest BCUT2D eigenvalue weighted by atomic mass is 35.5. The first-order chi connectivity index (χ1) is 9.35. The van der Waals surface area contributed by atoms with Crippen molar-refractivity contribution in [3.05, 3.63) is 39.9 Å². The summed E-state index contributed by atoms with van der Waals surface area (Å²) < 4.78 is 0. The highest BCUT2D eigenvalue weighted by Crippen LogP contribution is 2.22. The zero-order chi connectivity index (χ0) is 14.8. The first-order valence-corrected chi connectivity index (χ1v) is 7.27. The summed E-state index contributed by atoms with van der Waals surface area (Å²) in [5, 5.41) is 11.1. The molecule has 108 valence electrons. The maximum Gasteiger partial charge on any atom is 0.246 e. The highest BCUT2D eigenvalue weighted by Gasteiger charge is 2.29. The van der Waals surface area contributed by atoms with E-state index in [9.17, 15) is 9.90 Å². The van der Waals surface area contributed by atoms with Gasteiger partial charge in [-0.15, -0.1) is 0 Å². The summed E-state index contributed by atoms with van der Waals surface area (Å²) in [6, 6.07) is 5.12. The number of aliphatic hydroxyl groups is 1. The molecule has 0 bridgehead atoms. The number of benzene rings is 1. The van der Waals surface area contributed by atoms with Gasteiger partial charge in [0.25, 0.3) is 0 Å². The van der Waals surface area contributed by atoms with E-state index >= 15 is 0 Å². The molecule has 1 N–H and O–H groups in total. The number of piperidine rings is 1. The molecule has 0 spiro atoms. The summed E-state index contributed by atoms with van der Waals surface area (Å²) in [5.41, 5.74) is -0.0131. The zero-order valence-corrected chi connectivity index (χ0v) is 12.8. The van der Waals surface area contributed by atoms with Crippen molar-refractivity contribution in [2.24, 2.45) is 0 Å². The van der Waals surface area contributed by atoms with Gasteiger partial charge in [0, 0.05) is 29.2 Å². The second-order valence-corrected chi connectivity index (χ2v) is 6.27. The van der Waals surface area contributed by atoms with Gasteiger partial charge in [0.05, 0.1) is 5.60 Å². The van der Waals surface area contributed by atoms with Crippen LogP contribution in [0.5, 0.6) is 0 Å². The van der Waals surface area contributed by atoms with Crippen molar-refractivity contribution in [2.45, 2.75) is 25.4 Å². The fraction of sp³-hybridized carbons (Fsp3) is 0.400. The number of rotatable bonds is 2. The molecule has 1 aromatic rings. The van der Waals surface area contributed by atoms with Gasteiger partial charge >= 0.3 is 0 Å². The van der Waals surface area contributed by atoms with Gasteiger partial charge in [0.15, 0.2) is 0 Å². The molecule has 1 aromatic carbocycles. The standard InChI is InChI=1S/C15H17Cl2NO2/c1-15(20)5-2-6-18(10-15)14(19)4-3-11-7-12(16)9-13(17)8-11/h3-4,7-9,20H,2,5-6,10H2,1H3/b4-3+. The number of hydrogen-bond donors (Lipinski definition) is 1. The van der Waals surface area contributed by atoms with Crippen molar-refractivity contribution in [3.8, 4) is 0 Å². The summed E-state index contributed by atoms with van der Waals surface area (Å²) in [7, 11) is 0. The molecule has 1 aliphatic rings. The monoisotopic (exact) mass is 313 g/mol. The van der Waals surface area contributed by atoms with Crippen LogP contribution in [0.3, 0.4) is 0 Å². The van der Waals surface area contributed by atoms with Crippen molar-refractivity contribution in [1.82, 2.24) is 4.90 Å². The van der Waals surface area contributed by atoms with Gasteiger partial charge in [0.2, 0.25) is 5.91 Å². The summed E-state index contributed by atoms with van der Waals surface area (Å²) in [4.78, 5) is 13.7. The molecule has 1 fully saturated rings. The van der Waals surface area contributed by atoms with Crippen molar-refractivity contribution >= 4 is 35.2 Å². The van der Waals surface area contributed by atoms with E-state index in [1.54, 1.807) is 36.1 Å². The SMILES string of the molecule is CC1(O)CCCN(C(=O)/C=C/c2cc(Cl)cc(Cl)c2)C1. The highest BCUT2D eigenvalue weighted by molar-refractivity contribution is 6.34. The number of nitrogens with zero attached hydrogens (tertiary/aromatic N) is 1. The van der Waals surface area contributed by atoms with Crippen LogP contribution in [-0.2, 0) is 4.79 Å². The predicted molar refractivity (Wildman–Crippen MR) is 81.9 cm³/mol. The Morgan fingerprint density at radius 1 is 1.35 bits per heavy atom. The Morgan fingerprint density at radius 3 is 2.60 bits per heavy atom. The van der Waals surface area contributed by atoms with E-state index in [0.29, 0.717) is 23.1 Å². The normalized spacial score (nSPS) is 23.3. The number of carbonyl (C=O) groups excluding carboxylic acids is 1. The Balaban J connectivity index is 2.05. The third-order valence-corrected chi connectivity index (χ3v) is 3.73. The molecule has 0 aromatic heterocycles. The van der Waals surface area contributed by atoms with Crippen LogP contribution in [0.15, 0.2) is 24.3 Å². The molecule has 1 aliphatic heterocycles. The number of hydrogen-bond acceptors (Lipinski definition) is 2. The Labute approximate surface area is 128 Å². The predicted octanol–water partition coefficient (Wildman–Crippen LogP) is 3.38. The van der Waals surface area contributed by atoms with Crippen LogP contribution >= 0.6 is 23.2 Å². The Morgan fingerprint density at radius 2 is 2.00 bits per heavy atom. The van der Waals surface area contributed by atoms with Crippen LogP contribution in [0.2, 0.25) is 10.0 Å². The van der Waals surface area contributed by atoms with E-state index in [0.717, 1.165) is 18.4 Å². The van der Waals surface area contributed by atoms with Gasteiger partial charge < -0.3 is 10.0 Å². The maximum absolute atomic E-state index is 12.1. The third-order valence-electron chi connectivity index (χ3n) is 3.29. The van der Waals surface area contributed by atoms with E-state index < -0.39 is 5.60 Å².